The molecule has 0 spiro atoms. The van der Waals surface area contributed by atoms with E-state index >= 15 is 0 Å². The van der Waals surface area contributed by atoms with Crippen LogP contribution in [0.3, 0.4) is 0 Å². The first-order valence-electron chi connectivity index (χ1n) is 14.7. The fraction of sp³-hybridized carbons (Fsp3) is 0.600. The Hall–Kier alpha value is -3.47. The molecular formula is C30H43FN6O4. The molecule has 224 valence electrons. The van der Waals surface area contributed by atoms with Crippen molar-refractivity contribution in [3.8, 4) is 11.5 Å². The normalized spacial score (nSPS) is 20.0. The maximum absolute atomic E-state index is 14.1. The molecule has 0 bridgehead atoms. The Labute approximate surface area is 241 Å². The minimum Gasteiger partial charge on any atom is -0.451 e. The summed E-state index contributed by atoms with van der Waals surface area (Å²) in [5.74, 6) is 1.51. The molecule has 4 rings (SSSR count). The first-order valence-corrected chi connectivity index (χ1v) is 14.7. The van der Waals surface area contributed by atoms with Gasteiger partial charge in [-0.2, -0.15) is 0 Å². The lowest BCUT2D eigenvalue weighted by Crippen LogP contribution is -2.40. The molecule has 1 aliphatic carbocycles. The standard InChI is InChI=1S/C30H43FN6O4/c1-4-37(20(2)3)29(38)25-15-23(31)7-10-26(25)41-27-17-33-19-35-28(27)34-16-21-11-13-36(14-12-21)18-22-5-8-24(9-6-22)40-30(32)39/h7,10,15,17,19-22,24H,4-6,8-9,11-14,16,18H2,1-3H3,(H2,32,39)(H,33,34,35). The zero-order valence-corrected chi connectivity index (χ0v) is 24.4. The zero-order chi connectivity index (χ0) is 29.4. The van der Waals surface area contributed by atoms with Crippen molar-refractivity contribution in [2.45, 2.75) is 71.4 Å². The van der Waals surface area contributed by atoms with Gasteiger partial charge in [0.05, 0.1) is 11.8 Å². The number of anilines is 1. The topological polar surface area (TPSA) is 123 Å². The molecule has 2 fully saturated rings. The monoisotopic (exact) mass is 570 g/mol. The van der Waals surface area contributed by atoms with Crippen LogP contribution in [0.4, 0.5) is 15.0 Å². The van der Waals surface area contributed by atoms with Crippen LogP contribution < -0.4 is 15.8 Å². The van der Waals surface area contributed by atoms with Gasteiger partial charge in [-0.1, -0.05) is 0 Å². The highest BCUT2D eigenvalue weighted by molar-refractivity contribution is 5.97. The molecule has 1 aromatic heterocycles. The number of carbonyl (C=O) groups excluding carboxylic acids is 2. The van der Waals surface area contributed by atoms with E-state index in [2.05, 4.69) is 20.2 Å². The lowest BCUT2D eigenvalue weighted by atomic mass is 9.86. The number of amides is 2. The first kappa shape index (κ1) is 30.5. The number of aromatic nitrogens is 2. The Morgan fingerprint density at radius 2 is 1.85 bits per heavy atom. The number of nitrogens with two attached hydrogens (primary N) is 1. The highest BCUT2D eigenvalue weighted by Gasteiger charge is 2.27. The summed E-state index contributed by atoms with van der Waals surface area (Å²) in [6, 6.07) is 3.93. The molecule has 41 heavy (non-hydrogen) atoms. The van der Waals surface area contributed by atoms with E-state index in [4.69, 9.17) is 15.2 Å². The largest absolute Gasteiger partial charge is 0.451 e. The summed E-state index contributed by atoms with van der Waals surface area (Å²) in [4.78, 5) is 36.9. The summed E-state index contributed by atoms with van der Waals surface area (Å²) in [6.45, 7) is 10.1. The number of primary amides is 1. The second kappa shape index (κ2) is 14.4. The smallest absolute Gasteiger partial charge is 0.404 e. The van der Waals surface area contributed by atoms with E-state index in [0.29, 0.717) is 29.9 Å². The van der Waals surface area contributed by atoms with Crippen LogP contribution in [0.2, 0.25) is 0 Å². The number of likely N-dealkylation sites (tertiary alicyclic amines) is 1. The van der Waals surface area contributed by atoms with E-state index in [0.717, 1.165) is 64.7 Å². The minimum atomic E-state index is -0.676. The number of carbonyl (C=O) groups is 2. The van der Waals surface area contributed by atoms with Crippen molar-refractivity contribution < 1.29 is 23.5 Å². The summed E-state index contributed by atoms with van der Waals surface area (Å²) in [7, 11) is 0. The molecule has 2 amide bonds. The molecule has 2 aliphatic rings. The molecule has 0 atom stereocenters. The third kappa shape index (κ3) is 8.51. The van der Waals surface area contributed by atoms with Crippen LogP contribution in [0.15, 0.2) is 30.7 Å². The molecular weight excluding hydrogens is 527 g/mol. The Kier molecular flexibility index (Phi) is 10.7. The van der Waals surface area contributed by atoms with Crippen molar-refractivity contribution in [2.24, 2.45) is 17.6 Å². The maximum atomic E-state index is 14.1. The number of rotatable bonds is 11. The predicted molar refractivity (Wildman–Crippen MR) is 154 cm³/mol. The van der Waals surface area contributed by atoms with Gasteiger partial charge < -0.3 is 30.3 Å². The average Bonchev–Trinajstić information content (AvgIpc) is 2.95. The fourth-order valence-electron chi connectivity index (χ4n) is 5.87. The minimum absolute atomic E-state index is 0.0302. The molecule has 0 radical (unpaired) electrons. The molecule has 1 aliphatic heterocycles. The Morgan fingerprint density at radius 3 is 2.51 bits per heavy atom. The molecule has 1 saturated heterocycles. The van der Waals surface area contributed by atoms with Gasteiger partial charge in [0.25, 0.3) is 5.91 Å². The van der Waals surface area contributed by atoms with Gasteiger partial charge in [-0.05, 0) is 102 Å². The number of halogens is 1. The van der Waals surface area contributed by atoms with Crippen LogP contribution in [0.5, 0.6) is 11.5 Å². The van der Waals surface area contributed by atoms with Gasteiger partial charge in [-0.3, -0.25) is 4.79 Å². The van der Waals surface area contributed by atoms with Crippen molar-refractivity contribution in [1.82, 2.24) is 19.8 Å². The number of hydrogen-bond donors (Lipinski definition) is 2. The van der Waals surface area contributed by atoms with Crippen molar-refractivity contribution in [1.29, 1.82) is 0 Å². The Balaban J connectivity index is 1.30. The van der Waals surface area contributed by atoms with E-state index in [-0.39, 0.29) is 29.4 Å². The molecule has 1 saturated carbocycles. The van der Waals surface area contributed by atoms with E-state index in [1.165, 1.54) is 24.5 Å². The van der Waals surface area contributed by atoms with Gasteiger partial charge in [0.2, 0.25) is 0 Å². The van der Waals surface area contributed by atoms with Crippen molar-refractivity contribution in [3.05, 3.63) is 42.1 Å². The van der Waals surface area contributed by atoms with Gasteiger partial charge in [0.15, 0.2) is 11.6 Å². The summed E-state index contributed by atoms with van der Waals surface area (Å²) >= 11 is 0. The molecule has 1 aromatic carbocycles. The Morgan fingerprint density at radius 1 is 1.12 bits per heavy atom. The third-order valence-corrected chi connectivity index (χ3v) is 8.15. The lowest BCUT2D eigenvalue weighted by molar-refractivity contribution is 0.0605. The number of ether oxygens (including phenoxy) is 2. The second-order valence-electron chi connectivity index (χ2n) is 11.4. The van der Waals surface area contributed by atoms with Crippen molar-refractivity contribution in [2.75, 3.05) is 38.0 Å². The van der Waals surface area contributed by atoms with Gasteiger partial charge in [-0.25, -0.2) is 19.2 Å². The van der Waals surface area contributed by atoms with E-state index in [9.17, 15) is 14.0 Å². The number of benzene rings is 1. The predicted octanol–water partition coefficient (Wildman–Crippen LogP) is 5.06. The molecule has 2 aromatic rings. The number of nitrogens with zero attached hydrogens (tertiary/aromatic N) is 4. The summed E-state index contributed by atoms with van der Waals surface area (Å²) in [5, 5.41) is 3.42. The van der Waals surface area contributed by atoms with Crippen molar-refractivity contribution in [3.63, 3.8) is 0 Å². The first-order chi connectivity index (χ1) is 19.7. The maximum Gasteiger partial charge on any atom is 0.404 e. The van der Waals surface area contributed by atoms with Crippen LogP contribution >= 0.6 is 0 Å². The van der Waals surface area contributed by atoms with Crippen LogP contribution in [-0.4, -0.2) is 76.6 Å². The fourth-order valence-corrected chi connectivity index (χ4v) is 5.87. The highest BCUT2D eigenvalue weighted by Crippen LogP contribution is 2.32. The highest BCUT2D eigenvalue weighted by atomic mass is 19.1. The average molecular weight is 571 g/mol. The third-order valence-electron chi connectivity index (χ3n) is 8.15. The van der Waals surface area contributed by atoms with Crippen LogP contribution in [0.25, 0.3) is 0 Å². The molecule has 2 heterocycles. The lowest BCUT2D eigenvalue weighted by Gasteiger charge is -2.36. The Bertz CT molecular complexity index is 1170. The molecule has 3 N–H and O–H groups in total. The second-order valence-corrected chi connectivity index (χ2v) is 11.4. The quantitative estimate of drug-likeness (QED) is 0.385. The van der Waals surface area contributed by atoms with E-state index in [1.807, 2.05) is 20.8 Å². The van der Waals surface area contributed by atoms with Crippen molar-refractivity contribution >= 4 is 17.8 Å². The molecule has 0 unspecified atom stereocenters. The summed E-state index contributed by atoms with van der Waals surface area (Å²) in [6.07, 6.45) is 8.35. The summed E-state index contributed by atoms with van der Waals surface area (Å²) in [5.41, 5.74) is 5.32. The SMILES string of the molecule is CCN(C(=O)c1cc(F)ccc1Oc1cncnc1NCC1CCN(CC2CCC(OC(N)=O)CC2)CC1)C(C)C. The molecule has 11 heteroatoms. The zero-order valence-electron chi connectivity index (χ0n) is 24.4. The van der Waals surface area contributed by atoms with Gasteiger partial charge in [0, 0.05) is 25.7 Å². The van der Waals surface area contributed by atoms with E-state index in [1.54, 1.807) is 11.1 Å². The van der Waals surface area contributed by atoms with Crippen LogP contribution in [0.1, 0.15) is 69.7 Å². The van der Waals surface area contributed by atoms with Gasteiger partial charge >= 0.3 is 6.09 Å². The van der Waals surface area contributed by atoms with Crippen LogP contribution in [-0.2, 0) is 4.74 Å². The van der Waals surface area contributed by atoms with Crippen LogP contribution in [0, 0.1) is 17.7 Å². The number of hydrogen-bond acceptors (Lipinski definition) is 8. The summed E-state index contributed by atoms with van der Waals surface area (Å²) < 4.78 is 25.4. The van der Waals surface area contributed by atoms with E-state index < -0.39 is 11.9 Å². The number of piperidine rings is 1. The molecule has 10 nitrogen and oxygen atoms in total. The van der Waals surface area contributed by atoms with Gasteiger partial charge in [0.1, 0.15) is 24.0 Å². The van der Waals surface area contributed by atoms with Gasteiger partial charge in [-0.15, -0.1) is 0 Å². The number of nitrogens with one attached hydrogen (secondary N) is 1.